The number of hydrogen-bond donors (Lipinski definition) is 3. The van der Waals surface area contributed by atoms with Crippen molar-refractivity contribution >= 4 is 24.6 Å². The first-order valence-corrected chi connectivity index (χ1v) is 5.12. The molecular formula is C10H12ClF4N5O. The van der Waals surface area contributed by atoms with E-state index in [4.69, 9.17) is 11.6 Å². The highest BCUT2D eigenvalue weighted by atomic mass is 35.5. The summed E-state index contributed by atoms with van der Waals surface area (Å²) in [5.74, 6) is 4.31. The van der Waals surface area contributed by atoms with Crippen molar-refractivity contribution in [1.82, 2.24) is 5.43 Å². The number of ether oxygens (including phenoxy) is 1. The van der Waals surface area contributed by atoms with E-state index in [1.54, 1.807) is 0 Å². The molecule has 0 aliphatic rings. The fourth-order valence-electron chi connectivity index (χ4n) is 1.03. The molecule has 0 spiro atoms. The van der Waals surface area contributed by atoms with Gasteiger partial charge in [0.25, 0.3) is 0 Å². The van der Waals surface area contributed by atoms with Crippen molar-refractivity contribution in [1.29, 1.82) is 0 Å². The Labute approximate surface area is 123 Å². The molecule has 0 bridgehead atoms. The van der Waals surface area contributed by atoms with Crippen molar-refractivity contribution in [3.63, 3.8) is 0 Å². The zero-order valence-corrected chi connectivity index (χ0v) is 11.2. The minimum atomic E-state index is -4.54. The molecule has 1 aromatic rings. The molecule has 5 N–H and O–H groups in total. The van der Waals surface area contributed by atoms with E-state index < -0.39 is 18.3 Å². The average Bonchev–Trinajstić information content (AvgIpc) is 2.40. The van der Waals surface area contributed by atoms with Crippen LogP contribution in [0.2, 0.25) is 0 Å². The van der Waals surface area contributed by atoms with Crippen molar-refractivity contribution in [2.45, 2.75) is 12.5 Å². The number of hydrazone groups is 2. The number of rotatable bonds is 5. The molecule has 0 aromatic heterocycles. The molecule has 0 amide bonds. The summed E-state index contributed by atoms with van der Waals surface area (Å²) < 4.78 is 52.9. The summed E-state index contributed by atoms with van der Waals surface area (Å²) in [4.78, 5) is 0. The molecule has 0 aliphatic carbocycles. The maximum Gasteiger partial charge on any atom is 0.461 e. The van der Waals surface area contributed by atoms with Crippen molar-refractivity contribution in [3.8, 4) is 5.75 Å². The Morgan fingerprint density at radius 2 is 1.86 bits per heavy atom. The number of alkyl halides is 4. The minimum absolute atomic E-state index is 0. The maximum atomic E-state index is 12.6. The van der Waals surface area contributed by atoms with Gasteiger partial charge in [0.15, 0.2) is 0 Å². The van der Waals surface area contributed by atoms with Crippen LogP contribution in [-0.2, 0) is 0 Å². The Bertz CT molecular complexity index is 495. The van der Waals surface area contributed by atoms with Crippen LogP contribution in [0.15, 0.2) is 34.5 Å². The standard InChI is InChI=1S/C10H11F4N5O.ClH/c11-8(12)10(13,14)20-7-3-1-6(2-4-7)5-17-19-9(15)18-16;/h1-5,8H,16H2,(H3,15,18,19);1H/b17-5+;. The second-order valence-corrected chi connectivity index (χ2v) is 3.42. The Morgan fingerprint density at radius 1 is 1.29 bits per heavy atom. The summed E-state index contributed by atoms with van der Waals surface area (Å²) in [5.41, 5.74) is 7.94. The quantitative estimate of drug-likeness (QED) is 0.250. The summed E-state index contributed by atoms with van der Waals surface area (Å²) in [6.45, 7) is 0. The normalized spacial score (nSPS) is 12.3. The molecule has 1 aromatic carbocycles. The number of guanidine groups is 1. The van der Waals surface area contributed by atoms with Gasteiger partial charge in [0.05, 0.1) is 6.21 Å². The maximum absolute atomic E-state index is 12.6. The lowest BCUT2D eigenvalue weighted by molar-refractivity contribution is -0.253. The number of benzene rings is 1. The molecule has 0 atom stereocenters. The van der Waals surface area contributed by atoms with Crippen LogP contribution in [0, 0.1) is 0 Å². The fraction of sp³-hybridized carbons (Fsp3) is 0.200. The molecule has 0 saturated heterocycles. The first-order valence-electron chi connectivity index (χ1n) is 5.12. The van der Waals surface area contributed by atoms with E-state index in [1.807, 2.05) is 0 Å². The van der Waals surface area contributed by atoms with Crippen LogP contribution in [0.25, 0.3) is 0 Å². The third-order valence-corrected chi connectivity index (χ3v) is 1.92. The van der Waals surface area contributed by atoms with E-state index in [-0.39, 0.29) is 18.4 Å². The van der Waals surface area contributed by atoms with Crippen LogP contribution in [0.1, 0.15) is 5.56 Å². The first kappa shape index (κ1) is 18.8. The molecule has 11 heteroatoms. The summed E-state index contributed by atoms with van der Waals surface area (Å²) in [7, 11) is 0. The van der Waals surface area contributed by atoms with E-state index in [9.17, 15) is 17.6 Å². The molecule has 1 rings (SSSR count). The first-order chi connectivity index (χ1) is 9.35. The Kier molecular flexibility index (Phi) is 7.28. The van der Waals surface area contributed by atoms with Crippen LogP contribution < -0.4 is 21.7 Å². The van der Waals surface area contributed by atoms with E-state index in [0.29, 0.717) is 5.56 Å². The lowest BCUT2D eigenvalue weighted by Crippen LogP contribution is -2.33. The van der Waals surface area contributed by atoms with Crippen molar-refractivity contribution < 1.29 is 22.3 Å². The zero-order chi connectivity index (χ0) is 15.2. The van der Waals surface area contributed by atoms with Crippen LogP contribution in [0.4, 0.5) is 17.6 Å². The van der Waals surface area contributed by atoms with Gasteiger partial charge in [-0.1, -0.05) is 0 Å². The highest BCUT2D eigenvalue weighted by molar-refractivity contribution is 5.85. The predicted molar refractivity (Wildman–Crippen MR) is 71.8 cm³/mol. The van der Waals surface area contributed by atoms with E-state index in [0.717, 1.165) is 12.1 Å². The molecule has 0 radical (unpaired) electrons. The smallest absolute Gasteiger partial charge is 0.428 e. The van der Waals surface area contributed by atoms with Gasteiger partial charge in [-0.25, -0.2) is 5.43 Å². The molecule has 21 heavy (non-hydrogen) atoms. The van der Waals surface area contributed by atoms with Crippen molar-refractivity contribution in [3.05, 3.63) is 29.8 Å². The predicted octanol–water partition coefficient (Wildman–Crippen LogP) is 1.46. The molecule has 0 unspecified atom stereocenters. The van der Waals surface area contributed by atoms with Crippen LogP contribution in [0.5, 0.6) is 5.75 Å². The average molecular weight is 330 g/mol. The third-order valence-electron chi connectivity index (χ3n) is 1.92. The minimum Gasteiger partial charge on any atom is -0.428 e. The second kappa shape index (κ2) is 8.15. The van der Waals surface area contributed by atoms with Crippen molar-refractivity contribution in [2.75, 3.05) is 0 Å². The molecule has 0 aliphatic heterocycles. The van der Waals surface area contributed by atoms with Gasteiger partial charge in [-0.15, -0.1) is 17.5 Å². The van der Waals surface area contributed by atoms with Gasteiger partial charge in [0.1, 0.15) is 5.75 Å². The molecule has 0 fully saturated rings. The monoisotopic (exact) mass is 329 g/mol. The molecule has 0 heterocycles. The lowest BCUT2D eigenvalue weighted by Gasteiger charge is -2.16. The van der Waals surface area contributed by atoms with E-state index in [1.165, 1.54) is 18.3 Å². The number of nitrogens with one attached hydrogen (secondary N) is 1. The SMILES string of the molecule is Cl.NN=C(N)N/N=C/c1ccc(OC(F)(F)C(F)F)cc1. The molecule has 0 saturated carbocycles. The van der Waals surface area contributed by atoms with Gasteiger partial charge in [0.2, 0.25) is 5.96 Å². The topological polar surface area (TPSA) is 98.0 Å². The van der Waals surface area contributed by atoms with Gasteiger partial charge in [0, 0.05) is 0 Å². The van der Waals surface area contributed by atoms with E-state index >= 15 is 0 Å². The summed E-state index contributed by atoms with van der Waals surface area (Å²) in [5, 5.41) is 6.71. The van der Waals surface area contributed by atoms with Gasteiger partial charge >= 0.3 is 12.5 Å². The van der Waals surface area contributed by atoms with Gasteiger partial charge in [-0.2, -0.15) is 22.7 Å². The van der Waals surface area contributed by atoms with Crippen LogP contribution in [-0.4, -0.2) is 24.7 Å². The van der Waals surface area contributed by atoms with Crippen molar-refractivity contribution in [2.24, 2.45) is 21.8 Å². The second-order valence-electron chi connectivity index (χ2n) is 3.42. The lowest BCUT2D eigenvalue weighted by atomic mass is 10.2. The van der Waals surface area contributed by atoms with E-state index in [2.05, 4.69) is 20.4 Å². The van der Waals surface area contributed by atoms with Gasteiger partial charge in [-0.05, 0) is 29.8 Å². The zero-order valence-electron chi connectivity index (χ0n) is 10.3. The molecule has 6 nitrogen and oxygen atoms in total. The summed E-state index contributed by atoms with van der Waals surface area (Å²) in [6, 6.07) is 4.85. The fourth-order valence-corrected chi connectivity index (χ4v) is 1.03. The Hall–Kier alpha value is -2.23. The number of halogens is 5. The summed E-state index contributed by atoms with van der Waals surface area (Å²) in [6.07, 6.45) is -7.16. The van der Waals surface area contributed by atoms with Gasteiger partial charge in [-0.3, -0.25) is 0 Å². The number of hydrogen-bond acceptors (Lipinski definition) is 4. The van der Waals surface area contributed by atoms with Crippen LogP contribution >= 0.6 is 12.4 Å². The van der Waals surface area contributed by atoms with Gasteiger partial charge < -0.3 is 16.3 Å². The Morgan fingerprint density at radius 3 is 2.33 bits per heavy atom. The summed E-state index contributed by atoms with van der Waals surface area (Å²) >= 11 is 0. The molecule has 118 valence electrons. The third kappa shape index (κ3) is 6.17. The molecular weight excluding hydrogens is 318 g/mol. The highest BCUT2D eigenvalue weighted by Gasteiger charge is 2.43. The largest absolute Gasteiger partial charge is 0.461 e. The highest BCUT2D eigenvalue weighted by Crippen LogP contribution is 2.27. The Balaban J connectivity index is 0.00000400. The number of nitrogens with zero attached hydrogens (tertiary/aromatic N) is 2. The number of nitrogens with two attached hydrogens (primary N) is 2. The van der Waals surface area contributed by atoms with Crippen LogP contribution in [0.3, 0.4) is 0 Å².